The molecular formula is C11H11NO2. The molecule has 3 heteroatoms. The molecule has 1 aromatic carbocycles. The molecule has 14 heavy (non-hydrogen) atoms. The molecule has 2 aromatic rings. The first-order chi connectivity index (χ1) is 6.88. The first-order valence-electron chi connectivity index (χ1n) is 4.40. The number of oxazole rings is 1. The maximum atomic E-state index is 5.15. The minimum Gasteiger partial charge on any atom is -0.497 e. The highest BCUT2D eigenvalue weighted by Crippen LogP contribution is 2.13. The van der Waals surface area contributed by atoms with Crippen molar-refractivity contribution in [2.24, 2.45) is 0 Å². The number of hydrogen-bond donors (Lipinski definition) is 0. The monoisotopic (exact) mass is 189 g/mol. The molecule has 72 valence electrons. The Balaban J connectivity index is 2.10. The van der Waals surface area contributed by atoms with Crippen LogP contribution in [0.15, 0.2) is 41.1 Å². The predicted octanol–water partition coefficient (Wildman–Crippen LogP) is 2.27. The molecule has 0 spiro atoms. The number of ether oxygens (including phenoxy) is 1. The summed E-state index contributed by atoms with van der Waals surface area (Å²) in [4.78, 5) is 4.06. The van der Waals surface area contributed by atoms with E-state index in [1.807, 2.05) is 24.3 Å². The van der Waals surface area contributed by atoms with Crippen LogP contribution in [0, 0.1) is 0 Å². The lowest BCUT2D eigenvalue weighted by atomic mass is 10.1. The zero-order valence-corrected chi connectivity index (χ0v) is 7.93. The third-order valence-electron chi connectivity index (χ3n) is 2.00. The van der Waals surface area contributed by atoms with Crippen molar-refractivity contribution in [2.75, 3.05) is 7.11 Å². The van der Waals surface area contributed by atoms with Crippen molar-refractivity contribution in [3.8, 4) is 5.75 Å². The van der Waals surface area contributed by atoms with Gasteiger partial charge in [0.05, 0.1) is 13.3 Å². The van der Waals surface area contributed by atoms with Crippen molar-refractivity contribution in [3.63, 3.8) is 0 Å². The fraction of sp³-hybridized carbons (Fsp3) is 0.182. The second-order valence-electron chi connectivity index (χ2n) is 2.95. The second-order valence-corrected chi connectivity index (χ2v) is 2.95. The summed E-state index contributed by atoms with van der Waals surface area (Å²) in [6.45, 7) is 0. The first-order valence-corrected chi connectivity index (χ1v) is 4.40. The Hall–Kier alpha value is -1.77. The highest BCUT2D eigenvalue weighted by molar-refractivity contribution is 5.28. The Labute approximate surface area is 82.3 Å². The van der Waals surface area contributed by atoms with E-state index in [9.17, 15) is 0 Å². The van der Waals surface area contributed by atoms with E-state index in [1.54, 1.807) is 19.6 Å². The minimum atomic E-state index is 0.719. The molecule has 3 nitrogen and oxygen atoms in total. The van der Waals surface area contributed by atoms with E-state index in [2.05, 4.69) is 4.98 Å². The third kappa shape index (κ3) is 1.93. The third-order valence-corrected chi connectivity index (χ3v) is 2.00. The van der Waals surface area contributed by atoms with E-state index in [0.29, 0.717) is 0 Å². The van der Waals surface area contributed by atoms with Crippen LogP contribution in [0.3, 0.4) is 0 Å². The number of benzene rings is 1. The van der Waals surface area contributed by atoms with Gasteiger partial charge >= 0.3 is 0 Å². The standard InChI is InChI=1S/C11H11NO2/c1-13-10-4-2-9(3-5-10)8-11-12-6-7-14-11/h2-7H,8H2,1H3. The Morgan fingerprint density at radius 3 is 2.64 bits per heavy atom. The van der Waals surface area contributed by atoms with Gasteiger partial charge < -0.3 is 9.15 Å². The molecule has 0 N–H and O–H groups in total. The van der Waals surface area contributed by atoms with Crippen LogP contribution in [-0.2, 0) is 6.42 Å². The summed E-state index contributed by atoms with van der Waals surface area (Å²) in [5.41, 5.74) is 1.16. The molecule has 0 fully saturated rings. The molecule has 1 heterocycles. The second kappa shape index (κ2) is 3.96. The lowest BCUT2D eigenvalue weighted by Crippen LogP contribution is -1.88. The van der Waals surface area contributed by atoms with Gasteiger partial charge in [-0.2, -0.15) is 0 Å². The SMILES string of the molecule is COc1ccc(Cc2ncco2)cc1. The summed E-state index contributed by atoms with van der Waals surface area (Å²) in [6.07, 6.45) is 3.95. The molecule has 0 radical (unpaired) electrons. The van der Waals surface area contributed by atoms with Crippen molar-refractivity contribution >= 4 is 0 Å². The average molecular weight is 189 g/mol. The fourth-order valence-corrected chi connectivity index (χ4v) is 1.26. The molecule has 0 bridgehead atoms. The van der Waals surface area contributed by atoms with Gasteiger partial charge in [0.15, 0.2) is 5.89 Å². The number of hydrogen-bond acceptors (Lipinski definition) is 3. The molecule has 1 aromatic heterocycles. The van der Waals surface area contributed by atoms with Gasteiger partial charge in [-0.3, -0.25) is 0 Å². The van der Waals surface area contributed by atoms with Crippen molar-refractivity contribution in [2.45, 2.75) is 6.42 Å². The van der Waals surface area contributed by atoms with E-state index >= 15 is 0 Å². The zero-order valence-electron chi connectivity index (χ0n) is 7.93. The van der Waals surface area contributed by atoms with E-state index in [0.717, 1.165) is 23.6 Å². The van der Waals surface area contributed by atoms with Crippen LogP contribution in [0.4, 0.5) is 0 Å². The van der Waals surface area contributed by atoms with Gasteiger partial charge in [0.1, 0.15) is 12.0 Å². The Bertz CT molecular complexity index is 378. The number of aromatic nitrogens is 1. The summed E-state index contributed by atoms with van der Waals surface area (Å²) in [6, 6.07) is 7.86. The van der Waals surface area contributed by atoms with Gasteiger partial charge in [-0.05, 0) is 17.7 Å². The normalized spacial score (nSPS) is 10.1. The Kier molecular flexibility index (Phi) is 2.49. The predicted molar refractivity (Wildman–Crippen MR) is 52.3 cm³/mol. The van der Waals surface area contributed by atoms with Gasteiger partial charge in [-0.25, -0.2) is 4.98 Å². The summed E-state index contributed by atoms with van der Waals surface area (Å²) in [5.74, 6) is 1.59. The molecular weight excluding hydrogens is 178 g/mol. The van der Waals surface area contributed by atoms with Crippen LogP contribution in [0.2, 0.25) is 0 Å². The van der Waals surface area contributed by atoms with Crippen LogP contribution in [0.5, 0.6) is 5.75 Å². The van der Waals surface area contributed by atoms with Crippen LogP contribution in [0.1, 0.15) is 11.5 Å². The number of rotatable bonds is 3. The summed E-state index contributed by atoms with van der Waals surface area (Å²) >= 11 is 0. The average Bonchev–Trinajstić information content (AvgIpc) is 2.72. The summed E-state index contributed by atoms with van der Waals surface area (Å²) in [5, 5.41) is 0. The quantitative estimate of drug-likeness (QED) is 0.743. The maximum absolute atomic E-state index is 5.15. The van der Waals surface area contributed by atoms with E-state index in [1.165, 1.54) is 0 Å². The highest BCUT2D eigenvalue weighted by atomic mass is 16.5. The lowest BCUT2D eigenvalue weighted by Gasteiger charge is -2.00. The molecule has 0 saturated carbocycles. The fourth-order valence-electron chi connectivity index (χ4n) is 1.26. The molecule has 0 saturated heterocycles. The molecule has 0 aliphatic rings. The number of methoxy groups -OCH3 is 1. The molecule has 0 aliphatic heterocycles. The van der Waals surface area contributed by atoms with Gasteiger partial charge in [0.25, 0.3) is 0 Å². The lowest BCUT2D eigenvalue weighted by molar-refractivity contribution is 0.414. The number of nitrogens with zero attached hydrogens (tertiary/aromatic N) is 1. The molecule has 0 amide bonds. The molecule has 0 unspecified atom stereocenters. The zero-order chi connectivity index (χ0) is 9.80. The van der Waals surface area contributed by atoms with Crippen molar-refractivity contribution in [1.29, 1.82) is 0 Å². The summed E-state index contributed by atoms with van der Waals surface area (Å²) < 4.78 is 10.2. The molecule has 2 rings (SSSR count). The Morgan fingerprint density at radius 2 is 2.07 bits per heavy atom. The van der Waals surface area contributed by atoms with Crippen LogP contribution in [-0.4, -0.2) is 12.1 Å². The topological polar surface area (TPSA) is 35.3 Å². The van der Waals surface area contributed by atoms with Crippen molar-refractivity contribution in [3.05, 3.63) is 48.2 Å². The maximum Gasteiger partial charge on any atom is 0.198 e. The van der Waals surface area contributed by atoms with Gasteiger partial charge in [-0.15, -0.1) is 0 Å². The minimum absolute atomic E-state index is 0.719. The van der Waals surface area contributed by atoms with E-state index < -0.39 is 0 Å². The first kappa shape index (κ1) is 8.81. The van der Waals surface area contributed by atoms with Gasteiger partial charge in [0, 0.05) is 6.42 Å². The van der Waals surface area contributed by atoms with Gasteiger partial charge in [-0.1, -0.05) is 12.1 Å². The summed E-state index contributed by atoms with van der Waals surface area (Å²) in [7, 11) is 1.66. The Morgan fingerprint density at radius 1 is 1.29 bits per heavy atom. The van der Waals surface area contributed by atoms with Crippen LogP contribution >= 0.6 is 0 Å². The smallest absolute Gasteiger partial charge is 0.198 e. The van der Waals surface area contributed by atoms with E-state index in [-0.39, 0.29) is 0 Å². The molecule has 0 atom stereocenters. The van der Waals surface area contributed by atoms with Crippen molar-refractivity contribution in [1.82, 2.24) is 4.98 Å². The van der Waals surface area contributed by atoms with Crippen molar-refractivity contribution < 1.29 is 9.15 Å². The van der Waals surface area contributed by atoms with Crippen LogP contribution < -0.4 is 4.74 Å². The largest absolute Gasteiger partial charge is 0.497 e. The van der Waals surface area contributed by atoms with Crippen LogP contribution in [0.25, 0.3) is 0 Å². The van der Waals surface area contributed by atoms with Gasteiger partial charge in [0.2, 0.25) is 0 Å². The highest BCUT2D eigenvalue weighted by Gasteiger charge is 1.99. The molecule has 0 aliphatic carbocycles. The van der Waals surface area contributed by atoms with E-state index in [4.69, 9.17) is 9.15 Å².